The zero-order valence-electron chi connectivity index (χ0n) is 14.3. The Kier molecular flexibility index (Phi) is 5.27. The van der Waals surface area contributed by atoms with Crippen LogP contribution in [-0.4, -0.2) is 19.1 Å². The second-order valence-corrected chi connectivity index (χ2v) is 5.80. The Morgan fingerprint density at radius 3 is 2.43 bits per heavy atom. The molecule has 23 heavy (non-hydrogen) atoms. The second-order valence-electron chi connectivity index (χ2n) is 5.80. The molecule has 0 aliphatic heterocycles. The summed E-state index contributed by atoms with van der Waals surface area (Å²) >= 11 is 0. The Labute approximate surface area is 137 Å². The molecule has 4 heteroatoms. The molecule has 0 saturated heterocycles. The summed E-state index contributed by atoms with van der Waals surface area (Å²) in [5.41, 5.74) is 3.47. The highest BCUT2D eigenvalue weighted by Gasteiger charge is 2.13. The summed E-state index contributed by atoms with van der Waals surface area (Å²) in [5, 5.41) is 2.94. The Hall–Kier alpha value is -2.49. The van der Waals surface area contributed by atoms with Gasteiger partial charge in [0.1, 0.15) is 0 Å². The van der Waals surface area contributed by atoms with Crippen LogP contribution in [0, 0.1) is 13.8 Å². The van der Waals surface area contributed by atoms with Gasteiger partial charge in [0.2, 0.25) is 0 Å². The van der Waals surface area contributed by atoms with Crippen molar-refractivity contribution in [2.75, 3.05) is 12.4 Å². The number of carbonyl (C=O) groups excluding carboxylic acids is 1. The van der Waals surface area contributed by atoms with Crippen molar-refractivity contribution in [1.82, 2.24) is 0 Å². The highest BCUT2D eigenvalue weighted by Crippen LogP contribution is 2.29. The van der Waals surface area contributed by atoms with Gasteiger partial charge in [0.05, 0.1) is 13.2 Å². The molecule has 4 nitrogen and oxygen atoms in total. The third kappa shape index (κ3) is 4.25. The van der Waals surface area contributed by atoms with Crippen molar-refractivity contribution in [2.45, 2.75) is 33.8 Å². The summed E-state index contributed by atoms with van der Waals surface area (Å²) in [7, 11) is 1.56. The molecule has 2 aromatic carbocycles. The molecule has 0 aliphatic rings. The minimum atomic E-state index is -0.173. The molecule has 0 aromatic heterocycles. The number of anilines is 1. The molecular weight excluding hydrogens is 290 g/mol. The maximum absolute atomic E-state index is 12.5. The van der Waals surface area contributed by atoms with E-state index in [1.807, 2.05) is 45.9 Å². The quantitative estimate of drug-likeness (QED) is 0.892. The van der Waals surface area contributed by atoms with Gasteiger partial charge >= 0.3 is 0 Å². The Morgan fingerprint density at radius 2 is 1.78 bits per heavy atom. The lowest BCUT2D eigenvalue weighted by atomic mass is 10.1. The van der Waals surface area contributed by atoms with Gasteiger partial charge < -0.3 is 14.8 Å². The van der Waals surface area contributed by atoms with Crippen LogP contribution < -0.4 is 14.8 Å². The fourth-order valence-electron chi connectivity index (χ4n) is 2.23. The summed E-state index contributed by atoms with van der Waals surface area (Å²) in [4.78, 5) is 12.5. The molecule has 122 valence electrons. The van der Waals surface area contributed by atoms with Crippen molar-refractivity contribution in [1.29, 1.82) is 0 Å². The van der Waals surface area contributed by atoms with Gasteiger partial charge in [0.25, 0.3) is 5.91 Å². The topological polar surface area (TPSA) is 47.6 Å². The first-order chi connectivity index (χ1) is 10.9. The van der Waals surface area contributed by atoms with Gasteiger partial charge in [0.15, 0.2) is 11.5 Å². The first-order valence-electron chi connectivity index (χ1n) is 7.64. The van der Waals surface area contributed by atoms with Crippen LogP contribution in [0.4, 0.5) is 5.69 Å². The van der Waals surface area contributed by atoms with Crippen LogP contribution in [0.3, 0.4) is 0 Å². The molecule has 0 spiro atoms. The lowest BCUT2D eigenvalue weighted by molar-refractivity contribution is 0.102. The zero-order chi connectivity index (χ0) is 17.0. The Bertz CT molecular complexity index is 708. The van der Waals surface area contributed by atoms with Crippen LogP contribution >= 0.6 is 0 Å². The van der Waals surface area contributed by atoms with Crippen molar-refractivity contribution in [3.8, 4) is 11.5 Å². The lowest BCUT2D eigenvalue weighted by Gasteiger charge is -2.15. The Morgan fingerprint density at radius 1 is 1.04 bits per heavy atom. The summed E-state index contributed by atoms with van der Waals surface area (Å²) in [6.07, 6.45) is 0.0403. The number of aryl methyl sites for hydroxylation is 2. The van der Waals surface area contributed by atoms with Crippen molar-refractivity contribution in [3.05, 3.63) is 53.1 Å². The van der Waals surface area contributed by atoms with E-state index < -0.39 is 0 Å². The minimum absolute atomic E-state index is 0.0403. The van der Waals surface area contributed by atoms with Gasteiger partial charge in [-0.15, -0.1) is 0 Å². The molecule has 2 aromatic rings. The van der Waals surface area contributed by atoms with Gasteiger partial charge in [-0.3, -0.25) is 4.79 Å². The van der Waals surface area contributed by atoms with Gasteiger partial charge in [-0.25, -0.2) is 0 Å². The average Bonchev–Trinajstić information content (AvgIpc) is 2.50. The van der Waals surface area contributed by atoms with Crippen LogP contribution in [0.15, 0.2) is 36.4 Å². The number of hydrogen-bond donors (Lipinski definition) is 1. The number of benzene rings is 2. The maximum atomic E-state index is 12.5. The van der Waals surface area contributed by atoms with Gasteiger partial charge in [-0.1, -0.05) is 12.1 Å². The summed E-state index contributed by atoms with van der Waals surface area (Å²) in [5.74, 6) is 1.01. The molecule has 2 rings (SSSR count). The van der Waals surface area contributed by atoms with Crippen LogP contribution in [0.1, 0.15) is 35.3 Å². The number of carbonyl (C=O) groups is 1. The van der Waals surface area contributed by atoms with E-state index in [1.54, 1.807) is 25.3 Å². The zero-order valence-corrected chi connectivity index (χ0v) is 14.3. The number of nitrogens with one attached hydrogen (secondary N) is 1. The molecule has 0 aliphatic carbocycles. The molecule has 0 radical (unpaired) electrons. The fourth-order valence-corrected chi connectivity index (χ4v) is 2.23. The van der Waals surface area contributed by atoms with Crippen molar-refractivity contribution in [2.24, 2.45) is 0 Å². The molecule has 0 unspecified atom stereocenters. The molecule has 0 heterocycles. The Balaban J connectivity index is 2.24. The number of hydrogen-bond acceptors (Lipinski definition) is 3. The van der Waals surface area contributed by atoms with Gasteiger partial charge in [-0.2, -0.15) is 0 Å². The predicted molar refractivity (Wildman–Crippen MR) is 92.6 cm³/mol. The first kappa shape index (κ1) is 16.9. The van der Waals surface area contributed by atoms with Gasteiger partial charge in [-0.05, 0) is 63.1 Å². The van der Waals surface area contributed by atoms with E-state index in [4.69, 9.17) is 9.47 Å². The largest absolute Gasteiger partial charge is 0.493 e. The van der Waals surface area contributed by atoms with Gasteiger partial charge in [0, 0.05) is 11.3 Å². The highest BCUT2D eigenvalue weighted by atomic mass is 16.5. The van der Waals surface area contributed by atoms with Crippen LogP contribution in [-0.2, 0) is 0 Å². The second kappa shape index (κ2) is 7.18. The molecule has 0 saturated carbocycles. The van der Waals surface area contributed by atoms with Crippen molar-refractivity contribution in [3.63, 3.8) is 0 Å². The summed E-state index contributed by atoms with van der Waals surface area (Å²) in [6, 6.07) is 11.2. The van der Waals surface area contributed by atoms with Crippen molar-refractivity contribution < 1.29 is 14.3 Å². The smallest absolute Gasteiger partial charge is 0.255 e. The van der Waals surface area contributed by atoms with Crippen LogP contribution in [0.2, 0.25) is 0 Å². The molecule has 0 bridgehead atoms. The van der Waals surface area contributed by atoms with E-state index >= 15 is 0 Å². The maximum Gasteiger partial charge on any atom is 0.255 e. The SMILES string of the molecule is COc1cc(C(=O)Nc2cc(C)ccc2C)ccc1OC(C)C. The third-order valence-corrected chi connectivity index (χ3v) is 3.43. The van der Waals surface area contributed by atoms with E-state index in [9.17, 15) is 4.79 Å². The predicted octanol–water partition coefficient (Wildman–Crippen LogP) is 4.35. The van der Waals surface area contributed by atoms with E-state index in [0.717, 1.165) is 16.8 Å². The average molecular weight is 313 g/mol. The number of methoxy groups -OCH3 is 1. The van der Waals surface area contributed by atoms with E-state index in [2.05, 4.69) is 5.32 Å². The van der Waals surface area contributed by atoms with E-state index in [1.165, 1.54) is 0 Å². The fraction of sp³-hybridized carbons (Fsp3) is 0.316. The number of amides is 1. The normalized spacial score (nSPS) is 10.5. The van der Waals surface area contributed by atoms with Crippen LogP contribution in [0.25, 0.3) is 0 Å². The third-order valence-electron chi connectivity index (χ3n) is 3.43. The molecular formula is C19H23NO3. The highest BCUT2D eigenvalue weighted by molar-refractivity contribution is 6.05. The first-order valence-corrected chi connectivity index (χ1v) is 7.64. The molecule has 0 atom stereocenters. The standard InChI is InChI=1S/C19H23NO3/c1-12(2)23-17-9-8-15(11-18(17)22-5)19(21)20-16-10-13(3)6-7-14(16)4/h6-12H,1-5H3,(H,20,21). The molecule has 1 N–H and O–H groups in total. The number of ether oxygens (including phenoxy) is 2. The molecule has 1 amide bonds. The van der Waals surface area contributed by atoms with Crippen molar-refractivity contribution >= 4 is 11.6 Å². The van der Waals surface area contributed by atoms with E-state index in [-0.39, 0.29) is 12.0 Å². The monoisotopic (exact) mass is 313 g/mol. The summed E-state index contributed by atoms with van der Waals surface area (Å²) < 4.78 is 11.0. The summed E-state index contributed by atoms with van der Waals surface area (Å²) in [6.45, 7) is 7.85. The minimum Gasteiger partial charge on any atom is -0.493 e. The lowest BCUT2D eigenvalue weighted by Crippen LogP contribution is -2.13. The van der Waals surface area contributed by atoms with Crippen LogP contribution in [0.5, 0.6) is 11.5 Å². The van der Waals surface area contributed by atoms with E-state index in [0.29, 0.717) is 17.1 Å². The molecule has 0 fully saturated rings. The number of rotatable bonds is 5.